The number of ether oxygens (including phenoxy) is 1. The van der Waals surface area contributed by atoms with Crippen molar-refractivity contribution in [1.82, 2.24) is 9.97 Å². The first-order valence-corrected chi connectivity index (χ1v) is 4.20. The summed E-state index contributed by atoms with van der Waals surface area (Å²) in [7, 11) is 1.52. The lowest BCUT2D eigenvalue weighted by Crippen LogP contribution is -2.20. The fourth-order valence-corrected chi connectivity index (χ4v) is 0.869. The van der Waals surface area contributed by atoms with Gasteiger partial charge in [-0.25, -0.2) is 4.98 Å². The Hall–Kier alpha value is -1.24. The van der Waals surface area contributed by atoms with Crippen molar-refractivity contribution in [1.29, 1.82) is 0 Å². The van der Waals surface area contributed by atoms with Crippen LogP contribution in [-0.2, 0) is 0 Å². The van der Waals surface area contributed by atoms with E-state index in [0.29, 0.717) is 0 Å². The van der Waals surface area contributed by atoms with Crippen molar-refractivity contribution in [3.8, 4) is 5.88 Å². The van der Waals surface area contributed by atoms with E-state index in [4.69, 9.17) is 11.6 Å². The quantitative estimate of drug-likeness (QED) is 0.881. The fraction of sp³-hybridized carbons (Fsp3) is 0.429. The molecule has 0 saturated carbocycles. The highest BCUT2D eigenvalue weighted by Gasteiger charge is 2.29. The molecule has 0 radical (unpaired) electrons. The van der Waals surface area contributed by atoms with Crippen LogP contribution in [0.2, 0.25) is 5.02 Å². The summed E-state index contributed by atoms with van der Waals surface area (Å²) in [4.78, 5) is 7.30. The molecule has 1 rings (SSSR count). The maximum Gasteiger partial charge on any atom is 0.422 e. The first-order chi connectivity index (χ1) is 6.92. The molecule has 0 aliphatic carbocycles. The van der Waals surface area contributed by atoms with Crippen LogP contribution in [0.15, 0.2) is 6.20 Å². The summed E-state index contributed by atoms with van der Waals surface area (Å²) in [6.07, 6.45) is -3.26. The summed E-state index contributed by atoms with van der Waals surface area (Å²) < 4.78 is 39.9. The Morgan fingerprint density at radius 1 is 1.53 bits per heavy atom. The van der Waals surface area contributed by atoms with E-state index in [2.05, 4.69) is 20.0 Å². The highest BCUT2D eigenvalue weighted by atomic mass is 35.5. The molecule has 4 nitrogen and oxygen atoms in total. The highest BCUT2D eigenvalue weighted by Crippen LogP contribution is 2.24. The molecule has 0 unspecified atom stereocenters. The maximum absolute atomic E-state index is 11.8. The summed E-state index contributed by atoms with van der Waals surface area (Å²) in [5, 5.41) is 2.48. The minimum absolute atomic E-state index is 0.0711. The smallest absolute Gasteiger partial charge is 0.422 e. The predicted octanol–water partition coefficient (Wildman–Crippen LogP) is 2.11. The lowest BCUT2D eigenvalue weighted by molar-refractivity contribution is -0.154. The number of rotatable bonds is 3. The lowest BCUT2D eigenvalue weighted by Gasteiger charge is -2.09. The van der Waals surface area contributed by atoms with Crippen LogP contribution in [0.3, 0.4) is 0 Å². The molecule has 0 bridgehead atoms. The number of nitrogens with one attached hydrogen (secondary N) is 1. The fourth-order valence-electron chi connectivity index (χ4n) is 0.723. The van der Waals surface area contributed by atoms with Crippen LogP contribution in [0.1, 0.15) is 0 Å². The second kappa shape index (κ2) is 4.52. The highest BCUT2D eigenvalue weighted by molar-refractivity contribution is 6.31. The van der Waals surface area contributed by atoms with Gasteiger partial charge in [-0.15, -0.1) is 0 Å². The van der Waals surface area contributed by atoms with Crippen molar-refractivity contribution in [2.45, 2.75) is 6.18 Å². The minimum atomic E-state index is -4.42. The summed E-state index contributed by atoms with van der Waals surface area (Å²) >= 11 is 5.54. The van der Waals surface area contributed by atoms with Crippen LogP contribution in [0.4, 0.5) is 19.1 Å². The molecular formula is C7H7ClF3N3O. The van der Waals surface area contributed by atoms with Crippen LogP contribution in [0, 0.1) is 0 Å². The normalized spacial score (nSPS) is 11.3. The van der Waals surface area contributed by atoms with E-state index >= 15 is 0 Å². The summed E-state index contributed by atoms with van der Waals surface area (Å²) in [5.41, 5.74) is 0. The van der Waals surface area contributed by atoms with Gasteiger partial charge in [-0.05, 0) is 0 Å². The Morgan fingerprint density at radius 2 is 2.20 bits per heavy atom. The number of hydrogen-bond donors (Lipinski definition) is 1. The van der Waals surface area contributed by atoms with Gasteiger partial charge in [0.15, 0.2) is 6.61 Å². The van der Waals surface area contributed by atoms with Gasteiger partial charge in [0.05, 0.1) is 6.20 Å². The first-order valence-electron chi connectivity index (χ1n) is 3.82. The van der Waals surface area contributed by atoms with E-state index in [9.17, 15) is 13.2 Å². The second-order valence-corrected chi connectivity index (χ2v) is 2.91. The molecular weight excluding hydrogens is 235 g/mol. The maximum atomic E-state index is 11.8. The Labute approximate surface area is 88.4 Å². The molecule has 0 atom stereocenters. The zero-order valence-corrected chi connectivity index (χ0v) is 8.35. The van der Waals surface area contributed by atoms with Crippen LogP contribution >= 0.6 is 11.6 Å². The van der Waals surface area contributed by atoms with Gasteiger partial charge in [0.2, 0.25) is 11.8 Å². The summed E-state index contributed by atoms with van der Waals surface area (Å²) in [6, 6.07) is 0. The third kappa shape index (κ3) is 3.78. The topological polar surface area (TPSA) is 47.0 Å². The molecule has 0 aromatic carbocycles. The molecule has 0 spiro atoms. The monoisotopic (exact) mass is 241 g/mol. The Balaban J connectivity index is 2.75. The standard InChI is InChI=1S/C7H7ClF3N3O/c1-12-6-13-2-4(8)5(14-6)15-3-7(9,10)11/h2H,3H2,1H3,(H,12,13,14). The Morgan fingerprint density at radius 3 is 2.73 bits per heavy atom. The van der Waals surface area contributed by atoms with Crippen LogP contribution < -0.4 is 10.1 Å². The van der Waals surface area contributed by atoms with Crippen molar-refractivity contribution in [3.05, 3.63) is 11.2 Å². The van der Waals surface area contributed by atoms with E-state index in [1.165, 1.54) is 7.05 Å². The van der Waals surface area contributed by atoms with Crippen molar-refractivity contribution in [2.24, 2.45) is 0 Å². The van der Waals surface area contributed by atoms with Gasteiger partial charge in [-0.2, -0.15) is 18.2 Å². The molecule has 8 heteroatoms. The molecule has 15 heavy (non-hydrogen) atoms. The van der Waals surface area contributed by atoms with Gasteiger partial charge in [-0.1, -0.05) is 11.6 Å². The second-order valence-electron chi connectivity index (χ2n) is 2.50. The van der Waals surface area contributed by atoms with Crippen LogP contribution in [0.25, 0.3) is 0 Å². The van der Waals surface area contributed by atoms with E-state index in [1.807, 2.05) is 0 Å². The van der Waals surface area contributed by atoms with Crippen molar-refractivity contribution in [2.75, 3.05) is 19.0 Å². The Kier molecular flexibility index (Phi) is 3.57. The van der Waals surface area contributed by atoms with E-state index < -0.39 is 12.8 Å². The largest absolute Gasteiger partial charge is 0.467 e. The van der Waals surface area contributed by atoms with E-state index in [0.717, 1.165) is 6.20 Å². The number of nitrogens with zero attached hydrogens (tertiary/aromatic N) is 2. The van der Waals surface area contributed by atoms with Gasteiger partial charge >= 0.3 is 6.18 Å². The molecule has 1 aromatic heterocycles. The molecule has 1 N–H and O–H groups in total. The summed E-state index contributed by atoms with van der Waals surface area (Å²) in [5.74, 6) is -0.162. The zero-order chi connectivity index (χ0) is 11.5. The molecule has 0 saturated heterocycles. The van der Waals surface area contributed by atoms with Gasteiger partial charge in [0.25, 0.3) is 0 Å². The van der Waals surface area contributed by atoms with Crippen LogP contribution in [-0.4, -0.2) is 29.8 Å². The molecule has 0 fully saturated rings. The zero-order valence-electron chi connectivity index (χ0n) is 7.60. The number of halogens is 4. The number of aromatic nitrogens is 2. The third-order valence-corrected chi connectivity index (χ3v) is 1.57. The number of alkyl halides is 3. The predicted molar refractivity (Wildman–Crippen MR) is 48.1 cm³/mol. The van der Waals surface area contributed by atoms with E-state index in [1.54, 1.807) is 0 Å². The van der Waals surface area contributed by atoms with E-state index in [-0.39, 0.29) is 16.9 Å². The molecule has 1 heterocycles. The average molecular weight is 242 g/mol. The van der Waals surface area contributed by atoms with Crippen molar-refractivity contribution in [3.63, 3.8) is 0 Å². The Bertz CT molecular complexity index is 345. The molecule has 1 aromatic rings. The van der Waals surface area contributed by atoms with Crippen molar-refractivity contribution >= 4 is 17.5 Å². The van der Waals surface area contributed by atoms with Gasteiger partial charge in [-0.3, -0.25) is 0 Å². The average Bonchev–Trinajstić information content (AvgIpc) is 2.15. The third-order valence-electron chi connectivity index (χ3n) is 1.31. The van der Waals surface area contributed by atoms with Gasteiger partial charge in [0.1, 0.15) is 5.02 Å². The molecule has 0 amide bonds. The lowest BCUT2D eigenvalue weighted by atomic mass is 10.6. The minimum Gasteiger partial charge on any atom is -0.467 e. The number of anilines is 1. The van der Waals surface area contributed by atoms with Crippen molar-refractivity contribution < 1.29 is 17.9 Å². The SMILES string of the molecule is CNc1ncc(Cl)c(OCC(F)(F)F)n1. The van der Waals surface area contributed by atoms with Gasteiger partial charge in [0, 0.05) is 7.05 Å². The summed E-state index contributed by atoms with van der Waals surface area (Å²) in [6.45, 7) is -1.44. The molecule has 0 aliphatic rings. The first kappa shape index (κ1) is 11.8. The number of hydrogen-bond acceptors (Lipinski definition) is 4. The molecule has 0 aliphatic heterocycles. The van der Waals surface area contributed by atoms with Gasteiger partial charge < -0.3 is 10.1 Å². The van der Waals surface area contributed by atoms with Crippen LogP contribution in [0.5, 0.6) is 5.88 Å². The molecule has 84 valence electrons.